The molecule has 1 fully saturated rings. The fourth-order valence-corrected chi connectivity index (χ4v) is 6.14. The van der Waals surface area contributed by atoms with Crippen molar-refractivity contribution >= 4 is 39.9 Å². The molecule has 8 nitrogen and oxygen atoms in total. The molecule has 3 aromatic heterocycles. The van der Waals surface area contributed by atoms with E-state index in [2.05, 4.69) is 9.97 Å². The van der Waals surface area contributed by atoms with Crippen molar-refractivity contribution in [3.8, 4) is 17.3 Å². The lowest BCUT2D eigenvalue weighted by atomic mass is 9.87. The maximum Gasteiger partial charge on any atom is 0.335 e. The van der Waals surface area contributed by atoms with Crippen molar-refractivity contribution in [3.63, 3.8) is 0 Å². The summed E-state index contributed by atoms with van der Waals surface area (Å²) < 4.78 is 45.0. The Labute approximate surface area is 248 Å². The summed E-state index contributed by atoms with van der Waals surface area (Å²) in [6.45, 7) is 5.17. The number of rotatable bonds is 8. The van der Waals surface area contributed by atoms with E-state index >= 15 is 8.78 Å². The molecule has 0 aliphatic carbocycles. The van der Waals surface area contributed by atoms with E-state index in [-0.39, 0.29) is 52.9 Å². The number of ether oxygens (including phenoxy) is 2. The maximum atomic E-state index is 15.6. The first-order valence-corrected chi connectivity index (χ1v) is 14.3. The van der Waals surface area contributed by atoms with Gasteiger partial charge in [0.25, 0.3) is 0 Å². The summed E-state index contributed by atoms with van der Waals surface area (Å²) >= 11 is 7.32. The normalized spacial score (nSPS) is 16.3. The van der Waals surface area contributed by atoms with Gasteiger partial charge in [-0.2, -0.15) is 4.98 Å². The highest BCUT2D eigenvalue weighted by molar-refractivity contribution is 7.16. The number of benzene rings is 2. The van der Waals surface area contributed by atoms with Gasteiger partial charge in [-0.1, -0.05) is 25.4 Å². The molecular weight excluding hydrogens is 586 g/mol. The third kappa shape index (κ3) is 5.47. The molecule has 0 amide bonds. The molecule has 1 unspecified atom stereocenters. The zero-order valence-corrected chi connectivity index (χ0v) is 24.2. The molecule has 0 bridgehead atoms. The molecule has 12 heteroatoms. The van der Waals surface area contributed by atoms with Gasteiger partial charge in [-0.3, -0.25) is 0 Å². The van der Waals surface area contributed by atoms with Crippen LogP contribution in [0.2, 0.25) is 4.34 Å². The minimum Gasteiger partial charge on any atom is -0.478 e. The van der Waals surface area contributed by atoms with Crippen LogP contribution in [0, 0.1) is 17.0 Å². The second kappa shape index (κ2) is 11.0. The number of carboxylic acids is 1. The SMILES string of the molecule is CC1(C)COCC1n1c(Cc2cc(F)c(-c3ccnc(OCc4ccc(Cl)s4)n3)cc2F)nc2ccc(C(=O)O)cc21. The Hall–Kier alpha value is -3.93. The number of halogens is 3. The quantitative estimate of drug-likeness (QED) is 0.203. The predicted molar refractivity (Wildman–Crippen MR) is 154 cm³/mol. The molecule has 2 aromatic carbocycles. The van der Waals surface area contributed by atoms with Crippen molar-refractivity contribution in [2.24, 2.45) is 5.41 Å². The zero-order chi connectivity index (χ0) is 29.6. The summed E-state index contributed by atoms with van der Waals surface area (Å²) in [5.41, 5.74) is 1.22. The molecule has 4 heterocycles. The molecule has 1 aliphatic heterocycles. The van der Waals surface area contributed by atoms with Crippen molar-refractivity contribution in [1.82, 2.24) is 19.5 Å². The second-order valence-corrected chi connectivity index (χ2v) is 12.5. The van der Waals surface area contributed by atoms with Crippen molar-refractivity contribution < 1.29 is 28.2 Å². The third-order valence-electron chi connectivity index (χ3n) is 7.34. The van der Waals surface area contributed by atoms with Crippen molar-refractivity contribution in [2.75, 3.05) is 13.2 Å². The Bertz CT molecular complexity index is 1820. The number of hydrogen-bond donors (Lipinski definition) is 1. The van der Waals surface area contributed by atoms with Gasteiger partial charge in [0.2, 0.25) is 0 Å². The van der Waals surface area contributed by atoms with Gasteiger partial charge in [-0.25, -0.2) is 23.5 Å². The van der Waals surface area contributed by atoms with Crippen LogP contribution < -0.4 is 4.74 Å². The second-order valence-electron chi connectivity index (χ2n) is 10.7. The highest BCUT2D eigenvalue weighted by atomic mass is 35.5. The van der Waals surface area contributed by atoms with E-state index in [4.69, 9.17) is 26.1 Å². The van der Waals surface area contributed by atoms with Gasteiger partial charge < -0.3 is 19.1 Å². The Balaban J connectivity index is 1.33. The molecule has 0 radical (unpaired) electrons. The fourth-order valence-electron chi connectivity index (χ4n) is 5.14. The number of thiophene rings is 1. The minimum atomic E-state index is -1.06. The number of imidazole rings is 1. The van der Waals surface area contributed by atoms with E-state index in [1.54, 1.807) is 18.2 Å². The lowest BCUT2D eigenvalue weighted by Gasteiger charge is -2.28. The number of carbonyl (C=O) groups is 1. The average molecular weight is 611 g/mol. The van der Waals surface area contributed by atoms with Crippen LogP contribution in [-0.4, -0.2) is 43.8 Å². The van der Waals surface area contributed by atoms with Crippen molar-refractivity contribution in [2.45, 2.75) is 32.9 Å². The van der Waals surface area contributed by atoms with Crippen LogP contribution in [0.15, 0.2) is 54.7 Å². The van der Waals surface area contributed by atoms with Crippen molar-refractivity contribution in [3.05, 3.63) is 92.5 Å². The molecular formula is C30H25ClF2N4O4S. The third-order valence-corrected chi connectivity index (χ3v) is 8.54. The first kappa shape index (κ1) is 28.2. The van der Waals surface area contributed by atoms with E-state index in [1.165, 1.54) is 29.7 Å². The van der Waals surface area contributed by atoms with Crippen LogP contribution in [0.1, 0.15) is 46.5 Å². The zero-order valence-electron chi connectivity index (χ0n) is 22.6. The van der Waals surface area contributed by atoms with E-state index in [0.29, 0.717) is 34.4 Å². The number of aromatic nitrogens is 4. The molecule has 216 valence electrons. The first-order valence-electron chi connectivity index (χ1n) is 13.1. The molecule has 1 saturated heterocycles. The van der Waals surface area contributed by atoms with Crippen LogP contribution in [-0.2, 0) is 17.8 Å². The standard InChI is InChI=1S/C30H25ClF2N4O4S/c1-30(2)15-40-14-25(30)37-24-10-16(28(38)39)3-5-23(24)35-27(37)11-17-9-21(33)19(12-20(17)32)22-7-8-34-29(36-22)41-13-18-4-6-26(31)42-18/h3-10,12,25H,11,13-15H2,1-2H3,(H,38,39). The van der Waals surface area contributed by atoms with Crippen LogP contribution in [0.5, 0.6) is 6.01 Å². The predicted octanol–water partition coefficient (Wildman–Crippen LogP) is 6.95. The van der Waals surface area contributed by atoms with Crippen LogP contribution in [0.3, 0.4) is 0 Å². The minimum absolute atomic E-state index is 0.0196. The highest BCUT2D eigenvalue weighted by Gasteiger charge is 2.39. The largest absolute Gasteiger partial charge is 0.478 e. The molecule has 6 rings (SSSR count). The van der Waals surface area contributed by atoms with E-state index in [1.807, 2.05) is 24.5 Å². The smallest absolute Gasteiger partial charge is 0.335 e. The van der Waals surface area contributed by atoms with Crippen LogP contribution >= 0.6 is 22.9 Å². The monoisotopic (exact) mass is 610 g/mol. The summed E-state index contributed by atoms with van der Waals surface area (Å²) in [4.78, 5) is 25.6. The Morgan fingerprint density at radius 1 is 1.17 bits per heavy atom. The molecule has 1 N–H and O–H groups in total. The Kier molecular flexibility index (Phi) is 7.42. The fraction of sp³-hybridized carbons (Fsp3) is 0.267. The summed E-state index contributed by atoms with van der Waals surface area (Å²) in [6.07, 6.45) is 1.40. The lowest BCUT2D eigenvalue weighted by molar-refractivity contribution is 0.0697. The van der Waals surface area contributed by atoms with E-state index in [9.17, 15) is 9.90 Å². The molecule has 1 atom stereocenters. The number of hydrogen-bond acceptors (Lipinski definition) is 7. The summed E-state index contributed by atoms with van der Waals surface area (Å²) in [7, 11) is 0. The number of fused-ring (bicyclic) bond motifs is 1. The number of carboxylic acid groups (broad SMARTS) is 1. The van der Waals surface area contributed by atoms with Crippen LogP contribution in [0.4, 0.5) is 8.78 Å². The Morgan fingerprint density at radius 2 is 2.00 bits per heavy atom. The lowest BCUT2D eigenvalue weighted by Crippen LogP contribution is -2.27. The number of nitrogens with zero attached hydrogens (tertiary/aromatic N) is 4. The van der Waals surface area contributed by atoms with E-state index < -0.39 is 17.6 Å². The molecule has 1 aliphatic rings. The summed E-state index contributed by atoms with van der Waals surface area (Å²) in [5.74, 6) is -1.88. The molecule has 5 aromatic rings. The highest BCUT2D eigenvalue weighted by Crippen LogP contribution is 2.40. The van der Waals surface area contributed by atoms with Gasteiger partial charge in [0, 0.05) is 28.5 Å². The van der Waals surface area contributed by atoms with Gasteiger partial charge >= 0.3 is 12.0 Å². The van der Waals surface area contributed by atoms with Crippen LogP contribution in [0.25, 0.3) is 22.3 Å². The van der Waals surface area contributed by atoms with Crippen molar-refractivity contribution in [1.29, 1.82) is 0 Å². The average Bonchev–Trinajstić information content (AvgIpc) is 3.64. The summed E-state index contributed by atoms with van der Waals surface area (Å²) in [6, 6.07) is 11.8. The first-order chi connectivity index (χ1) is 20.1. The molecule has 42 heavy (non-hydrogen) atoms. The van der Waals surface area contributed by atoms with E-state index in [0.717, 1.165) is 17.0 Å². The summed E-state index contributed by atoms with van der Waals surface area (Å²) in [5, 5.41) is 9.57. The molecule has 0 spiro atoms. The van der Waals surface area contributed by atoms with Gasteiger partial charge in [0.1, 0.15) is 24.1 Å². The number of aromatic carboxylic acids is 1. The Morgan fingerprint density at radius 3 is 2.71 bits per heavy atom. The van der Waals surface area contributed by atoms with Gasteiger partial charge in [-0.15, -0.1) is 11.3 Å². The van der Waals surface area contributed by atoms with Gasteiger partial charge in [0.05, 0.1) is 45.9 Å². The van der Waals surface area contributed by atoms with Gasteiger partial charge in [-0.05, 0) is 54.1 Å². The van der Waals surface area contributed by atoms with Gasteiger partial charge in [0.15, 0.2) is 0 Å². The maximum absolute atomic E-state index is 15.6. The molecule has 0 saturated carbocycles. The topological polar surface area (TPSA) is 99.4 Å².